The number of anilines is 1. The van der Waals surface area contributed by atoms with Crippen LogP contribution in [0, 0.1) is 12.7 Å². The molecule has 0 fully saturated rings. The highest BCUT2D eigenvalue weighted by atomic mass is 79.9. The van der Waals surface area contributed by atoms with E-state index in [0.29, 0.717) is 5.69 Å². The Morgan fingerprint density at radius 2 is 2.05 bits per heavy atom. The number of hydrogen-bond donors (Lipinski definition) is 1. The molecular formula is C14H11BrFN3. The minimum atomic E-state index is -0.337. The fourth-order valence-electron chi connectivity index (χ4n) is 2.17. The summed E-state index contributed by atoms with van der Waals surface area (Å²) < 4.78 is 16.4. The van der Waals surface area contributed by atoms with Gasteiger partial charge in [-0.2, -0.15) is 0 Å². The highest BCUT2D eigenvalue weighted by Crippen LogP contribution is 2.28. The molecule has 0 saturated heterocycles. The predicted molar refractivity (Wildman–Crippen MR) is 77.9 cm³/mol. The lowest BCUT2D eigenvalue weighted by Crippen LogP contribution is -2.02. The van der Waals surface area contributed by atoms with Crippen molar-refractivity contribution in [1.82, 2.24) is 9.55 Å². The minimum Gasteiger partial charge on any atom is -0.369 e. The number of fused-ring (bicyclic) bond motifs is 1. The van der Waals surface area contributed by atoms with Gasteiger partial charge in [0.25, 0.3) is 0 Å². The summed E-state index contributed by atoms with van der Waals surface area (Å²) in [6, 6.07) is 10.5. The molecule has 0 aliphatic rings. The Balaban J connectivity index is 2.39. The van der Waals surface area contributed by atoms with Gasteiger partial charge in [0, 0.05) is 4.47 Å². The van der Waals surface area contributed by atoms with Crippen molar-refractivity contribution in [3.05, 3.63) is 52.3 Å². The van der Waals surface area contributed by atoms with Gasteiger partial charge in [-0.15, -0.1) is 0 Å². The molecule has 2 N–H and O–H groups in total. The first-order chi connectivity index (χ1) is 9.08. The number of rotatable bonds is 1. The van der Waals surface area contributed by atoms with E-state index in [4.69, 9.17) is 5.73 Å². The van der Waals surface area contributed by atoms with Crippen LogP contribution in [-0.4, -0.2) is 9.55 Å². The maximum absolute atomic E-state index is 14.0. The maximum Gasteiger partial charge on any atom is 0.206 e. The van der Waals surface area contributed by atoms with Crippen LogP contribution in [0.2, 0.25) is 0 Å². The fraction of sp³-hybridized carbons (Fsp3) is 0.0714. The number of para-hydroxylation sites is 1. The van der Waals surface area contributed by atoms with Crippen molar-refractivity contribution >= 4 is 32.9 Å². The monoisotopic (exact) mass is 319 g/mol. The SMILES string of the molecule is Cc1cccc2c1nc(N)n2-c1cc(Br)ccc1F. The fourth-order valence-corrected chi connectivity index (χ4v) is 2.52. The number of benzene rings is 2. The van der Waals surface area contributed by atoms with Gasteiger partial charge in [0.1, 0.15) is 5.82 Å². The summed E-state index contributed by atoms with van der Waals surface area (Å²) in [4.78, 5) is 4.32. The van der Waals surface area contributed by atoms with Crippen molar-refractivity contribution in [2.75, 3.05) is 5.73 Å². The van der Waals surface area contributed by atoms with Gasteiger partial charge in [0.05, 0.1) is 16.7 Å². The third-order valence-corrected chi connectivity index (χ3v) is 3.56. The van der Waals surface area contributed by atoms with Crippen LogP contribution in [0.15, 0.2) is 40.9 Å². The second-order valence-electron chi connectivity index (χ2n) is 4.34. The molecule has 96 valence electrons. The van der Waals surface area contributed by atoms with Gasteiger partial charge < -0.3 is 5.73 Å². The molecule has 0 aliphatic carbocycles. The molecule has 0 aliphatic heterocycles. The zero-order chi connectivity index (χ0) is 13.6. The Hall–Kier alpha value is -1.88. The highest BCUT2D eigenvalue weighted by Gasteiger charge is 2.14. The summed E-state index contributed by atoms with van der Waals surface area (Å²) in [6.45, 7) is 1.95. The molecule has 1 heterocycles. The Labute approximate surface area is 118 Å². The van der Waals surface area contributed by atoms with E-state index in [-0.39, 0.29) is 11.8 Å². The van der Waals surface area contributed by atoms with Crippen LogP contribution in [0.3, 0.4) is 0 Å². The van der Waals surface area contributed by atoms with Gasteiger partial charge >= 0.3 is 0 Å². The maximum atomic E-state index is 14.0. The number of nitrogens with zero attached hydrogens (tertiary/aromatic N) is 2. The summed E-state index contributed by atoms with van der Waals surface area (Å²) >= 11 is 3.34. The van der Waals surface area contributed by atoms with Gasteiger partial charge in [0.15, 0.2) is 0 Å². The largest absolute Gasteiger partial charge is 0.369 e. The van der Waals surface area contributed by atoms with E-state index in [1.165, 1.54) is 6.07 Å². The number of hydrogen-bond acceptors (Lipinski definition) is 2. The Morgan fingerprint density at radius 3 is 2.84 bits per heavy atom. The molecule has 2 aromatic carbocycles. The molecule has 3 aromatic rings. The summed E-state index contributed by atoms with van der Waals surface area (Å²) in [5, 5.41) is 0. The van der Waals surface area contributed by atoms with Crippen LogP contribution in [0.25, 0.3) is 16.7 Å². The van der Waals surface area contributed by atoms with Crippen molar-refractivity contribution in [2.45, 2.75) is 6.92 Å². The van der Waals surface area contributed by atoms with Crippen LogP contribution in [0.1, 0.15) is 5.56 Å². The lowest BCUT2D eigenvalue weighted by atomic mass is 10.2. The summed E-state index contributed by atoms with van der Waals surface area (Å²) in [7, 11) is 0. The second kappa shape index (κ2) is 4.35. The Morgan fingerprint density at radius 1 is 1.26 bits per heavy atom. The van der Waals surface area contributed by atoms with E-state index in [0.717, 1.165) is 21.1 Å². The van der Waals surface area contributed by atoms with E-state index in [1.54, 1.807) is 16.7 Å². The third kappa shape index (κ3) is 1.90. The van der Waals surface area contributed by atoms with Gasteiger partial charge in [-0.1, -0.05) is 28.1 Å². The number of nitrogens with two attached hydrogens (primary N) is 1. The summed E-state index contributed by atoms with van der Waals surface area (Å²) in [5.41, 5.74) is 8.94. The van der Waals surface area contributed by atoms with Crippen molar-refractivity contribution in [3.8, 4) is 5.69 Å². The van der Waals surface area contributed by atoms with Gasteiger partial charge in [-0.3, -0.25) is 4.57 Å². The molecule has 0 saturated carbocycles. The second-order valence-corrected chi connectivity index (χ2v) is 5.26. The number of aromatic nitrogens is 2. The molecule has 0 unspecified atom stereocenters. The Kier molecular flexibility index (Phi) is 2.78. The molecule has 3 rings (SSSR count). The zero-order valence-electron chi connectivity index (χ0n) is 10.2. The Bertz CT molecular complexity index is 780. The molecule has 0 bridgehead atoms. The number of nitrogen functional groups attached to an aromatic ring is 1. The van der Waals surface area contributed by atoms with Crippen molar-refractivity contribution in [1.29, 1.82) is 0 Å². The van der Waals surface area contributed by atoms with Crippen LogP contribution in [0.4, 0.5) is 10.3 Å². The van der Waals surface area contributed by atoms with Crippen molar-refractivity contribution < 1.29 is 4.39 Å². The molecule has 0 atom stereocenters. The average molecular weight is 320 g/mol. The lowest BCUT2D eigenvalue weighted by Gasteiger charge is -2.08. The first kappa shape index (κ1) is 12.2. The van der Waals surface area contributed by atoms with Gasteiger partial charge in [-0.25, -0.2) is 9.37 Å². The van der Waals surface area contributed by atoms with Crippen LogP contribution >= 0.6 is 15.9 Å². The van der Waals surface area contributed by atoms with E-state index in [9.17, 15) is 4.39 Å². The van der Waals surface area contributed by atoms with E-state index in [1.807, 2.05) is 25.1 Å². The quantitative estimate of drug-likeness (QED) is 0.741. The summed E-state index contributed by atoms with van der Waals surface area (Å²) in [5.74, 6) is -0.0583. The molecule has 5 heteroatoms. The first-order valence-electron chi connectivity index (χ1n) is 5.77. The molecule has 0 radical (unpaired) electrons. The zero-order valence-corrected chi connectivity index (χ0v) is 11.8. The van der Waals surface area contributed by atoms with Gasteiger partial charge in [-0.05, 0) is 36.8 Å². The van der Waals surface area contributed by atoms with Crippen LogP contribution in [0.5, 0.6) is 0 Å². The molecular weight excluding hydrogens is 309 g/mol. The van der Waals surface area contributed by atoms with E-state index < -0.39 is 0 Å². The van der Waals surface area contributed by atoms with Gasteiger partial charge in [0.2, 0.25) is 5.95 Å². The first-order valence-corrected chi connectivity index (χ1v) is 6.56. The number of aryl methyl sites for hydroxylation is 1. The van der Waals surface area contributed by atoms with Crippen molar-refractivity contribution in [2.24, 2.45) is 0 Å². The molecule has 3 nitrogen and oxygen atoms in total. The molecule has 0 spiro atoms. The van der Waals surface area contributed by atoms with Crippen LogP contribution in [-0.2, 0) is 0 Å². The standard InChI is InChI=1S/C14H11BrFN3/c1-8-3-2-4-11-13(8)18-14(17)19(11)12-7-9(15)5-6-10(12)16/h2-7H,1H3,(H2,17,18). The average Bonchev–Trinajstić information content (AvgIpc) is 2.70. The number of halogens is 2. The predicted octanol–water partition coefficient (Wildman–Crippen LogP) is 3.82. The number of imidazole rings is 1. The van der Waals surface area contributed by atoms with E-state index in [2.05, 4.69) is 20.9 Å². The highest BCUT2D eigenvalue weighted by molar-refractivity contribution is 9.10. The minimum absolute atomic E-state index is 0.279. The smallest absolute Gasteiger partial charge is 0.206 e. The summed E-state index contributed by atoms with van der Waals surface area (Å²) in [6.07, 6.45) is 0. The van der Waals surface area contributed by atoms with E-state index >= 15 is 0 Å². The lowest BCUT2D eigenvalue weighted by molar-refractivity contribution is 0.619. The van der Waals surface area contributed by atoms with Crippen molar-refractivity contribution in [3.63, 3.8) is 0 Å². The normalized spacial score (nSPS) is 11.1. The van der Waals surface area contributed by atoms with Crippen LogP contribution < -0.4 is 5.73 Å². The molecule has 19 heavy (non-hydrogen) atoms. The molecule has 1 aromatic heterocycles. The third-order valence-electron chi connectivity index (χ3n) is 3.06. The molecule has 0 amide bonds. The topological polar surface area (TPSA) is 43.8 Å².